The first-order valence-electron chi connectivity index (χ1n) is 7.37. The number of carbonyl (C=O) groups is 1. The van der Waals surface area contributed by atoms with Gasteiger partial charge >= 0.3 is 0 Å². The molecule has 1 amide bonds. The van der Waals surface area contributed by atoms with Crippen molar-refractivity contribution in [1.29, 1.82) is 0 Å². The largest absolute Gasteiger partial charge is 0.384 e. The zero-order valence-corrected chi connectivity index (χ0v) is 12.2. The second kappa shape index (κ2) is 6.00. The molecule has 1 atom stereocenters. The number of carbonyl (C=O) groups excluding carboxylic acids is 1. The molecule has 21 heavy (non-hydrogen) atoms. The molecule has 2 N–H and O–H groups in total. The van der Waals surface area contributed by atoms with E-state index in [0.29, 0.717) is 13.0 Å². The Kier molecular flexibility index (Phi) is 3.91. The van der Waals surface area contributed by atoms with Crippen LogP contribution >= 0.6 is 0 Å². The van der Waals surface area contributed by atoms with Gasteiger partial charge < -0.3 is 10.6 Å². The van der Waals surface area contributed by atoms with Crippen LogP contribution in [0, 0.1) is 6.92 Å². The maximum atomic E-state index is 12.1. The summed E-state index contributed by atoms with van der Waals surface area (Å²) in [6.45, 7) is 3.51. The van der Waals surface area contributed by atoms with E-state index < -0.39 is 0 Å². The zero-order chi connectivity index (χ0) is 14.7. The molecule has 1 aliphatic heterocycles. The molecule has 3 heteroatoms. The van der Waals surface area contributed by atoms with E-state index in [-0.39, 0.29) is 11.8 Å². The maximum absolute atomic E-state index is 12.1. The zero-order valence-electron chi connectivity index (χ0n) is 12.2. The summed E-state index contributed by atoms with van der Waals surface area (Å²) in [6.07, 6.45) is 0.538. The first-order chi connectivity index (χ1) is 10.2. The predicted molar refractivity (Wildman–Crippen MR) is 85.3 cm³/mol. The van der Waals surface area contributed by atoms with Crippen LogP contribution in [0.5, 0.6) is 0 Å². The Morgan fingerprint density at radius 3 is 2.76 bits per heavy atom. The number of hydrogen-bond acceptors (Lipinski definition) is 2. The number of benzene rings is 2. The van der Waals surface area contributed by atoms with E-state index in [2.05, 4.69) is 54.0 Å². The fourth-order valence-corrected chi connectivity index (χ4v) is 2.74. The van der Waals surface area contributed by atoms with Crippen molar-refractivity contribution in [2.75, 3.05) is 11.9 Å². The summed E-state index contributed by atoms with van der Waals surface area (Å²) in [5.74, 6) is 0.387. The molecule has 0 saturated carbocycles. The standard InChI is InChI=1S/C18H20N2O/c1-13-6-8-14(9-7-13)11-20-18(21)10-15-12-19-17-5-3-2-4-16(15)17/h2-9,15,19H,10-12H2,1H3,(H,20,21). The van der Waals surface area contributed by atoms with Crippen molar-refractivity contribution in [1.82, 2.24) is 5.32 Å². The molecule has 0 aromatic heterocycles. The SMILES string of the molecule is Cc1ccc(CNC(=O)CC2CNc3ccccc32)cc1. The minimum atomic E-state index is 0.110. The second-order valence-electron chi connectivity index (χ2n) is 5.63. The number of hydrogen-bond donors (Lipinski definition) is 2. The van der Waals surface area contributed by atoms with Gasteiger partial charge in [-0.15, -0.1) is 0 Å². The summed E-state index contributed by atoms with van der Waals surface area (Å²) in [6, 6.07) is 16.5. The lowest BCUT2D eigenvalue weighted by molar-refractivity contribution is -0.121. The molecule has 0 fully saturated rings. The summed E-state index contributed by atoms with van der Waals surface area (Å²) in [7, 11) is 0. The Hall–Kier alpha value is -2.29. The van der Waals surface area contributed by atoms with E-state index in [9.17, 15) is 4.79 Å². The van der Waals surface area contributed by atoms with E-state index in [1.165, 1.54) is 11.1 Å². The number of aryl methyl sites for hydroxylation is 1. The van der Waals surface area contributed by atoms with Crippen molar-refractivity contribution >= 4 is 11.6 Å². The van der Waals surface area contributed by atoms with Gasteiger partial charge in [0.2, 0.25) is 5.91 Å². The molecule has 3 rings (SSSR count). The van der Waals surface area contributed by atoms with Crippen molar-refractivity contribution in [2.24, 2.45) is 0 Å². The normalized spacial score (nSPS) is 16.1. The van der Waals surface area contributed by atoms with Gasteiger partial charge in [-0.3, -0.25) is 4.79 Å². The van der Waals surface area contributed by atoms with Crippen molar-refractivity contribution in [3.63, 3.8) is 0 Å². The van der Waals surface area contributed by atoms with Crippen LogP contribution in [0.15, 0.2) is 48.5 Å². The number of para-hydroxylation sites is 1. The minimum absolute atomic E-state index is 0.110. The topological polar surface area (TPSA) is 41.1 Å². The molecule has 1 heterocycles. The minimum Gasteiger partial charge on any atom is -0.384 e. The number of nitrogens with one attached hydrogen (secondary N) is 2. The van der Waals surface area contributed by atoms with Crippen LogP contribution in [0.4, 0.5) is 5.69 Å². The van der Waals surface area contributed by atoms with Crippen LogP contribution in [0.1, 0.15) is 29.0 Å². The van der Waals surface area contributed by atoms with Crippen molar-refractivity contribution < 1.29 is 4.79 Å². The highest BCUT2D eigenvalue weighted by atomic mass is 16.1. The van der Waals surface area contributed by atoms with E-state index in [1.54, 1.807) is 0 Å². The Morgan fingerprint density at radius 2 is 1.95 bits per heavy atom. The Balaban J connectivity index is 1.54. The first kappa shape index (κ1) is 13.7. The maximum Gasteiger partial charge on any atom is 0.220 e. The van der Waals surface area contributed by atoms with Gasteiger partial charge in [-0.25, -0.2) is 0 Å². The van der Waals surface area contributed by atoms with Gasteiger partial charge in [-0.2, -0.15) is 0 Å². The monoisotopic (exact) mass is 280 g/mol. The van der Waals surface area contributed by atoms with Gasteiger partial charge in [-0.05, 0) is 24.1 Å². The average molecular weight is 280 g/mol. The molecule has 1 aliphatic rings. The number of rotatable bonds is 4. The number of amides is 1. The molecule has 3 nitrogen and oxygen atoms in total. The summed E-state index contributed by atoms with van der Waals surface area (Å²) < 4.78 is 0. The van der Waals surface area contributed by atoms with Gasteiger partial charge in [0, 0.05) is 31.1 Å². The molecular weight excluding hydrogens is 260 g/mol. The molecule has 2 aromatic carbocycles. The number of anilines is 1. The number of fused-ring (bicyclic) bond motifs is 1. The molecule has 1 unspecified atom stereocenters. The van der Waals surface area contributed by atoms with Crippen molar-refractivity contribution in [2.45, 2.75) is 25.8 Å². The Morgan fingerprint density at radius 1 is 1.19 bits per heavy atom. The third-order valence-corrected chi connectivity index (χ3v) is 3.98. The third-order valence-electron chi connectivity index (χ3n) is 3.98. The fraction of sp³-hybridized carbons (Fsp3) is 0.278. The summed E-state index contributed by atoms with van der Waals surface area (Å²) in [5.41, 5.74) is 4.79. The van der Waals surface area contributed by atoms with Crippen LogP contribution in [-0.4, -0.2) is 12.5 Å². The Labute approximate surface area is 125 Å². The lowest BCUT2D eigenvalue weighted by Crippen LogP contribution is -2.25. The van der Waals surface area contributed by atoms with Crippen molar-refractivity contribution in [3.05, 3.63) is 65.2 Å². The lowest BCUT2D eigenvalue weighted by atomic mass is 9.97. The third kappa shape index (κ3) is 3.24. The Bertz CT molecular complexity index is 634. The summed E-state index contributed by atoms with van der Waals surface area (Å²) in [4.78, 5) is 12.1. The highest BCUT2D eigenvalue weighted by Gasteiger charge is 2.23. The van der Waals surface area contributed by atoms with E-state index >= 15 is 0 Å². The second-order valence-corrected chi connectivity index (χ2v) is 5.63. The predicted octanol–water partition coefficient (Wildman–Crippen LogP) is 3.21. The van der Waals surface area contributed by atoms with Gasteiger partial charge in [0.25, 0.3) is 0 Å². The molecule has 108 valence electrons. The molecule has 0 spiro atoms. The van der Waals surface area contributed by atoms with Gasteiger partial charge in [-0.1, -0.05) is 48.0 Å². The highest BCUT2D eigenvalue weighted by Crippen LogP contribution is 2.32. The average Bonchev–Trinajstić information content (AvgIpc) is 2.90. The summed E-state index contributed by atoms with van der Waals surface area (Å²) in [5, 5.41) is 6.36. The summed E-state index contributed by atoms with van der Waals surface area (Å²) >= 11 is 0. The van der Waals surface area contributed by atoms with Crippen LogP contribution in [0.25, 0.3) is 0 Å². The molecule has 0 bridgehead atoms. The van der Waals surface area contributed by atoms with E-state index in [1.807, 2.05) is 12.1 Å². The van der Waals surface area contributed by atoms with Crippen LogP contribution in [0.2, 0.25) is 0 Å². The lowest BCUT2D eigenvalue weighted by Gasteiger charge is -2.11. The van der Waals surface area contributed by atoms with Gasteiger partial charge in [0.05, 0.1) is 0 Å². The quantitative estimate of drug-likeness (QED) is 0.903. The molecule has 0 aliphatic carbocycles. The smallest absolute Gasteiger partial charge is 0.220 e. The van der Waals surface area contributed by atoms with Crippen LogP contribution in [-0.2, 0) is 11.3 Å². The van der Waals surface area contributed by atoms with E-state index in [0.717, 1.165) is 17.8 Å². The van der Waals surface area contributed by atoms with E-state index in [4.69, 9.17) is 0 Å². The van der Waals surface area contributed by atoms with Gasteiger partial charge in [0.1, 0.15) is 0 Å². The van der Waals surface area contributed by atoms with Crippen LogP contribution < -0.4 is 10.6 Å². The van der Waals surface area contributed by atoms with Gasteiger partial charge in [0.15, 0.2) is 0 Å². The molecule has 0 saturated heterocycles. The van der Waals surface area contributed by atoms with Crippen LogP contribution in [0.3, 0.4) is 0 Å². The molecule has 2 aromatic rings. The first-order valence-corrected chi connectivity index (χ1v) is 7.37. The molecular formula is C18H20N2O. The highest BCUT2D eigenvalue weighted by molar-refractivity contribution is 5.78. The molecule has 0 radical (unpaired) electrons. The fourth-order valence-electron chi connectivity index (χ4n) is 2.74. The van der Waals surface area contributed by atoms with Crippen molar-refractivity contribution in [3.8, 4) is 0 Å².